The second kappa shape index (κ2) is 6.61. The second-order valence-corrected chi connectivity index (χ2v) is 4.34. The van der Waals surface area contributed by atoms with Crippen molar-refractivity contribution in [3.8, 4) is 0 Å². The minimum absolute atomic E-state index is 0.171. The van der Waals surface area contributed by atoms with Crippen LogP contribution in [0.15, 0.2) is 18.2 Å². The molecule has 0 spiro atoms. The van der Waals surface area contributed by atoms with E-state index in [4.69, 9.17) is 5.84 Å². The van der Waals surface area contributed by atoms with Crippen molar-refractivity contribution in [2.24, 2.45) is 11.8 Å². The standard InChI is InChI=1S/C13H23N3/c1-4-11(5-2)9-13(16-14)12-8-6-7-10(3)15-12/h6-8,11,13,16H,4-5,9,14H2,1-3H3. The molecule has 0 radical (unpaired) electrons. The summed E-state index contributed by atoms with van der Waals surface area (Å²) < 4.78 is 0. The number of hydrogen-bond donors (Lipinski definition) is 2. The molecule has 3 N–H and O–H groups in total. The molecule has 0 bridgehead atoms. The molecule has 0 saturated carbocycles. The van der Waals surface area contributed by atoms with Gasteiger partial charge in [-0.15, -0.1) is 0 Å². The number of aromatic nitrogens is 1. The van der Waals surface area contributed by atoms with Crippen molar-refractivity contribution < 1.29 is 0 Å². The average Bonchev–Trinajstić information content (AvgIpc) is 2.31. The highest BCUT2D eigenvalue weighted by Gasteiger charge is 2.15. The fourth-order valence-corrected chi connectivity index (χ4v) is 1.99. The summed E-state index contributed by atoms with van der Waals surface area (Å²) in [6, 6.07) is 6.26. The van der Waals surface area contributed by atoms with Gasteiger partial charge in [-0.1, -0.05) is 32.8 Å². The molecule has 0 aliphatic rings. The van der Waals surface area contributed by atoms with Gasteiger partial charge in [0.1, 0.15) is 0 Å². The first-order valence-corrected chi connectivity index (χ1v) is 6.10. The van der Waals surface area contributed by atoms with Crippen molar-refractivity contribution >= 4 is 0 Å². The molecule has 16 heavy (non-hydrogen) atoms. The Hall–Kier alpha value is -0.930. The summed E-state index contributed by atoms with van der Waals surface area (Å²) in [4.78, 5) is 4.52. The van der Waals surface area contributed by atoms with E-state index in [1.807, 2.05) is 25.1 Å². The fraction of sp³-hybridized carbons (Fsp3) is 0.615. The summed E-state index contributed by atoms with van der Waals surface area (Å²) in [7, 11) is 0. The Bertz CT molecular complexity index is 308. The first-order chi connectivity index (χ1) is 7.71. The van der Waals surface area contributed by atoms with Crippen molar-refractivity contribution in [2.75, 3.05) is 0 Å². The number of hydrazine groups is 1. The number of hydrogen-bond acceptors (Lipinski definition) is 3. The quantitative estimate of drug-likeness (QED) is 0.573. The van der Waals surface area contributed by atoms with Gasteiger partial charge in [0.05, 0.1) is 11.7 Å². The molecule has 3 nitrogen and oxygen atoms in total. The maximum Gasteiger partial charge on any atom is 0.0634 e. The number of aryl methyl sites for hydroxylation is 1. The maximum atomic E-state index is 5.62. The zero-order valence-electron chi connectivity index (χ0n) is 10.5. The molecule has 1 heterocycles. The lowest BCUT2D eigenvalue weighted by molar-refractivity contribution is 0.370. The summed E-state index contributed by atoms with van der Waals surface area (Å²) in [6.07, 6.45) is 3.45. The van der Waals surface area contributed by atoms with Crippen LogP contribution in [-0.4, -0.2) is 4.98 Å². The van der Waals surface area contributed by atoms with Gasteiger partial charge in [0.25, 0.3) is 0 Å². The van der Waals surface area contributed by atoms with Crippen molar-refractivity contribution in [3.63, 3.8) is 0 Å². The van der Waals surface area contributed by atoms with E-state index in [2.05, 4.69) is 24.3 Å². The summed E-state index contributed by atoms with van der Waals surface area (Å²) >= 11 is 0. The molecule has 0 amide bonds. The van der Waals surface area contributed by atoms with E-state index in [1.54, 1.807) is 0 Å². The van der Waals surface area contributed by atoms with Gasteiger partial charge in [0.2, 0.25) is 0 Å². The molecule has 0 aliphatic heterocycles. The van der Waals surface area contributed by atoms with E-state index >= 15 is 0 Å². The van der Waals surface area contributed by atoms with Gasteiger partial charge in [-0.05, 0) is 31.4 Å². The van der Waals surface area contributed by atoms with Crippen molar-refractivity contribution in [1.29, 1.82) is 0 Å². The predicted octanol–water partition coefficient (Wildman–Crippen LogP) is 2.72. The lowest BCUT2D eigenvalue weighted by atomic mass is 9.93. The van der Waals surface area contributed by atoms with Crippen LogP contribution < -0.4 is 11.3 Å². The summed E-state index contributed by atoms with van der Waals surface area (Å²) in [5.41, 5.74) is 4.98. The van der Waals surface area contributed by atoms with Crippen LogP contribution in [0, 0.1) is 12.8 Å². The van der Waals surface area contributed by atoms with Crippen LogP contribution in [0.3, 0.4) is 0 Å². The van der Waals surface area contributed by atoms with Crippen LogP contribution in [0.5, 0.6) is 0 Å². The molecule has 90 valence electrons. The Morgan fingerprint density at radius 2 is 2.00 bits per heavy atom. The fourth-order valence-electron chi connectivity index (χ4n) is 1.99. The minimum Gasteiger partial charge on any atom is -0.271 e. The largest absolute Gasteiger partial charge is 0.271 e. The lowest BCUT2D eigenvalue weighted by Crippen LogP contribution is -2.30. The van der Waals surface area contributed by atoms with Gasteiger partial charge in [0.15, 0.2) is 0 Å². The SMILES string of the molecule is CCC(CC)CC(NN)c1cccc(C)n1. The highest BCUT2D eigenvalue weighted by Crippen LogP contribution is 2.23. The molecule has 1 aromatic heterocycles. The van der Waals surface area contributed by atoms with E-state index in [9.17, 15) is 0 Å². The smallest absolute Gasteiger partial charge is 0.0634 e. The Balaban J connectivity index is 2.74. The van der Waals surface area contributed by atoms with Crippen molar-refractivity contribution in [3.05, 3.63) is 29.6 Å². The molecule has 1 atom stereocenters. The number of nitrogens with two attached hydrogens (primary N) is 1. The van der Waals surface area contributed by atoms with Gasteiger partial charge in [0, 0.05) is 5.69 Å². The van der Waals surface area contributed by atoms with Crippen LogP contribution in [0.4, 0.5) is 0 Å². The third-order valence-electron chi connectivity index (χ3n) is 3.19. The second-order valence-electron chi connectivity index (χ2n) is 4.34. The number of rotatable bonds is 6. The Morgan fingerprint density at radius 1 is 1.31 bits per heavy atom. The average molecular weight is 221 g/mol. The molecule has 1 unspecified atom stereocenters. The minimum atomic E-state index is 0.171. The van der Waals surface area contributed by atoms with Crippen molar-refractivity contribution in [2.45, 2.75) is 46.1 Å². The summed E-state index contributed by atoms with van der Waals surface area (Å²) in [6.45, 7) is 6.46. The first kappa shape index (κ1) is 13.1. The number of nitrogens with zero attached hydrogens (tertiary/aromatic N) is 1. The van der Waals surface area contributed by atoms with Gasteiger partial charge in [-0.3, -0.25) is 16.3 Å². The van der Waals surface area contributed by atoms with Crippen LogP contribution >= 0.6 is 0 Å². The molecule has 3 heteroatoms. The van der Waals surface area contributed by atoms with Crippen LogP contribution in [-0.2, 0) is 0 Å². The lowest BCUT2D eigenvalue weighted by Gasteiger charge is -2.21. The Morgan fingerprint density at radius 3 is 2.50 bits per heavy atom. The van der Waals surface area contributed by atoms with Gasteiger partial charge < -0.3 is 0 Å². The molecule has 1 aromatic rings. The first-order valence-electron chi connectivity index (χ1n) is 6.10. The highest BCUT2D eigenvalue weighted by molar-refractivity contribution is 5.13. The number of nitrogens with one attached hydrogen (secondary N) is 1. The molecule has 0 fully saturated rings. The Labute approximate surface area is 98.4 Å². The zero-order valence-corrected chi connectivity index (χ0v) is 10.5. The third kappa shape index (κ3) is 3.58. The summed E-state index contributed by atoms with van der Waals surface area (Å²) in [5, 5.41) is 0. The molecule has 0 aliphatic carbocycles. The van der Waals surface area contributed by atoms with Crippen molar-refractivity contribution in [1.82, 2.24) is 10.4 Å². The molecule has 0 saturated heterocycles. The topological polar surface area (TPSA) is 50.9 Å². The van der Waals surface area contributed by atoms with E-state index in [1.165, 1.54) is 12.8 Å². The van der Waals surface area contributed by atoms with Gasteiger partial charge in [-0.2, -0.15) is 0 Å². The van der Waals surface area contributed by atoms with Gasteiger partial charge in [-0.25, -0.2) is 0 Å². The van der Waals surface area contributed by atoms with E-state index in [-0.39, 0.29) is 6.04 Å². The molecular formula is C13H23N3. The normalized spacial score (nSPS) is 13.1. The highest BCUT2D eigenvalue weighted by atomic mass is 15.2. The summed E-state index contributed by atoms with van der Waals surface area (Å²) in [5.74, 6) is 6.33. The molecular weight excluding hydrogens is 198 g/mol. The van der Waals surface area contributed by atoms with Gasteiger partial charge >= 0.3 is 0 Å². The van der Waals surface area contributed by atoms with Crippen LogP contribution in [0.1, 0.15) is 50.5 Å². The van der Waals surface area contributed by atoms with Crippen LogP contribution in [0.25, 0.3) is 0 Å². The predicted molar refractivity (Wildman–Crippen MR) is 67.7 cm³/mol. The van der Waals surface area contributed by atoms with E-state index in [0.29, 0.717) is 5.92 Å². The Kier molecular flexibility index (Phi) is 5.43. The van der Waals surface area contributed by atoms with Crippen LogP contribution in [0.2, 0.25) is 0 Å². The zero-order chi connectivity index (χ0) is 12.0. The molecule has 0 aromatic carbocycles. The molecule has 1 rings (SSSR count). The monoisotopic (exact) mass is 221 g/mol. The van der Waals surface area contributed by atoms with E-state index in [0.717, 1.165) is 17.8 Å². The maximum absolute atomic E-state index is 5.62. The van der Waals surface area contributed by atoms with E-state index < -0.39 is 0 Å². The number of pyridine rings is 1. The third-order valence-corrected chi connectivity index (χ3v) is 3.19.